The average molecular weight is 381 g/mol. The zero-order valence-electron chi connectivity index (χ0n) is 15.8. The van der Waals surface area contributed by atoms with Gasteiger partial charge in [0.05, 0.1) is 23.3 Å². The molecule has 2 aromatic rings. The fourth-order valence-corrected chi connectivity index (χ4v) is 3.07. The van der Waals surface area contributed by atoms with Crippen LogP contribution in [0.5, 0.6) is 0 Å². The maximum atomic E-state index is 12.6. The van der Waals surface area contributed by atoms with Gasteiger partial charge in [-0.25, -0.2) is 4.79 Å². The minimum atomic E-state index is -0.409. The molecule has 3 rings (SSSR count). The zero-order chi connectivity index (χ0) is 19.9. The molecule has 28 heavy (non-hydrogen) atoms. The number of amides is 2. The summed E-state index contributed by atoms with van der Waals surface area (Å²) in [6.45, 7) is 3.52. The number of ether oxygens (including phenoxy) is 1. The van der Waals surface area contributed by atoms with Gasteiger partial charge < -0.3 is 15.0 Å². The van der Waals surface area contributed by atoms with Crippen molar-refractivity contribution in [1.29, 1.82) is 0 Å². The number of rotatable bonds is 5. The predicted octanol–water partition coefficient (Wildman–Crippen LogP) is 3.14. The molecule has 1 aliphatic heterocycles. The first-order valence-electron chi connectivity index (χ1n) is 9.41. The molecular formula is C21H23N3O4. The Bertz CT molecular complexity index is 858. The largest absolute Gasteiger partial charge is 0.462 e. The molecule has 1 aromatic carbocycles. The van der Waals surface area contributed by atoms with Crippen molar-refractivity contribution in [2.45, 2.75) is 26.2 Å². The van der Waals surface area contributed by atoms with Crippen LogP contribution in [0.4, 0.5) is 5.69 Å². The molecule has 0 aliphatic carbocycles. The third-order valence-corrected chi connectivity index (χ3v) is 4.54. The smallest absolute Gasteiger partial charge is 0.338 e. The molecular weight excluding hydrogens is 358 g/mol. The summed E-state index contributed by atoms with van der Waals surface area (Å²) in [5.41, 5.74) is 1.66. The van der Waals surface area contributed by atoms with E-state index in [2.05, 4.69) is 10.3 Å². The van der Waals surface area contributed by atoms with E-state index in [9.17, 15) is 14.4 Å². The second-order valence-electron chi connectivity index (χ2n) is 6.57. The third-order valence-electron chi connectivity index (χ3n) is 4.54. The number of piperidine rings is 1. The average Bonchev–Trinajstić information content (AvgIpc) is 2.74. The van der Waals surface area contributed by atoms with Gasteiger partial charge in [0.1, 0.15) is 0 Å². The molecule has 1 aliphatic rings. The lowest BCUT2D eigenvalue weighted by Crippen LogP contribution is -2.35. The Labute approximate surface area is 163 Å². The number of carbonyl (C=O) groups excluding carboxylic acids is 3. The maximum absolute atomic E-state index is 12.6. The Morgan fingerprint density at radius 2 is 1.68 bits per heavy atom. The van der Waals surface area contributed by atoms with E-state index in [4.69, 9.17) is 4.74 Å². The number of hydrogen-bond acceptors (Lipinski definition) is 5. The van der Waals surface area contributed by atoms with Crippen molar-refractivity contribution < 1.29 is 19.1 Å². The van der Waals surface area contributed by atoms with Gasteiger partial charge in [-0.15, -0.1) is 0 Å². The number of nitrogens with one attached hydrogen (secondary N) is 1. The van der Waals surface area contributed by atoms with Crippen LogP contribution >= 0.6 is 0 Å². The molecule has 1 aromatic heterocycles. The number of likely N-dealkylation sites (tertiary alicyclic amines) is 1. The van der Waals surface area contributed by atoms with Gasteiger partial charge in [0.2, 0.25) is 0 Å². The van der Waals surface area contributed by atoms with E-state index in [1.165, 1.54) is 12.4 Å². The fourth-order valence-electron chi connectivity index (χ4n) is 3.07. The molecule has 0 unspecified atom stereocenters. The molecule has 7 nitrogen and oxygen atoms in total. The monoisotopic (exact) mass is 381 g/mol. The van der Waals surface area contributed by atoms with Crippen LogP contribution in [-0.2, 0) is 4.74 Å². The highest BCUT2D eigenvalue weighted by molar-refractivity contribution is 6.06. The van der Waals surface area contributed by atoms with Gasteiger partial charge in [-0.05, 0) is 56.5 Å². The topological polar surface area (TPSA) is 88.6 Å². The summed E-state index contributed by atoms with van der Waals surface area (Å²) in [5.74, 6) is -0.876. The number of benzene rings is 1. The standard InChI is InChI=1S/C21H23N3O4/c1-2-28-21(27)15-6-8-18(9-7-15)23-19(25)16-12-17(14-22-13-16)20(26)24-10-4-3-5-11-24/h6-9,12-14H,2-5,10-11H2,1H3,(H,23,25). The first-order valence-corrected chi connectivity index (χ1v) is 9.41. The highest BCUT2D eigenvalue weighted by Gasteiger charge is 2.19. The van der Waals surface area contributed by atoms with Crippen molar-refractivity contribution in [3.05, 3.63) is 59.4 Å². The molecule has 0 atom stereocenters. The van der Waals surface area contributed by atoms with Gasteiger partial charge in [-0.2, -0.15) is 0 Å². The highest BCUT2D eigenvalue weighted by atomic mass is 16.5. The molecule has 146 valence electrons. The summed E-state index contributed by atoms with van der Waals surface area (Å²) in [4.78, 5) is 42.6. The number of pyridine rings is 1. The molecule has 0 bridgehead atoms. The molecule has 2 amide bonds. The van der Waals surface area contributed by atoms with Crippen molar-refractivity contribution in [3.63, 3.8) is 0 Å². The van der Waals surface area contributed by atoms with Gasteiger partial charge in [-0.3, -0.25) is 14.6 Å². The Hall–Kier alpha value is -3.22. The first kappa shape index (κ1) is 19.5. The number of esters is 1. The lowest BCUT2D eigenvalue weighted by molar-refractivity contribution is 0.0526. The van der Waals surface area contributed by atoms with Crippen molar-refractivity contribution >= 4 is 23.5 Å². The number of carbonyl (C=O) groups is 3. The van der Waals surface area contributed by atoms with E-state index < -0.39 is 5.97 Å². The summed E-state index contributed by atoms with van der Waals surface area (Å²) in [5, 5.41) is 2.75. The SMILES string of the molecule is CCOC(=O)c1ccc(NC(=O)c2cncc(C(=O)N3CCCCC3)c2)cc1. The summed E-state index contributed by atoms with van der Waals surface area (Å²) in [6, 6.07) is 7.98. The van der Waals surface area contributed by atoms with E-state index in [1.54, 1.807) is 42.2 Å². The molecule has 0 radical (unpaired) electrons. The quantitative estimate of drug-likeness (QED) is 0.804. The lowest BCUT2D eigenvalue weighted by Gasteiger charge is -2.26. The summed E-state index contributed by atoms with van der Waals surface area (Å²) in [7, 11) is 0. The minimum Gasteiger partial charge on any atom is -0.462 e. The molecule has 2 heterocycles. The van der Waals surface area contributed by atoms with Crippen LogP contribution in [0.15, 0.2) is 42.7 Å². The number of nitrogens with zero attached hydrogens (tertiary/aromatic N) is 2. The second-order valence-corrected chi connectivity index (χ2v) is 6.57. The van der Waals surface area contributed by atoms with Crippen LogP contribution in [0.25, 0.3) is 0 Å². The number of hydrogen-bond donors (Lipinski definition) is 1. The Kier molecular flexibility index (Phi) is 6.37. The fraction of sp³-hybridized carbons (Fsp3) is 0.333. The third kappa shape index (κ3) is 4.73. The number of aromatic nitrogens is 1. The van der Waals surface area contributed by atoms with Gasteiger partial charge in [0, 0.05) is 31.2 Å². The predicted molar refractivity (Wildman–Crippen MR) is 104 cm³/mol. The molecule has 1 saturated heterocycles. The maximum Gasteiger partial charge on any atom is 0.338 e. The van der Waals surface area contributed by atoms with E-state index in [-0.39, 0.29) is 11.8 Å². The Morgan fingerprint density at radius 1 is 1.00 bits per heavy atom. The molecule has 7 heteroatoms. The van der Waals surface area contributed by atoms with E-state index in [0.29, 0.717) is 29.0 Å². The van der Waals surface area contributed by atoms with Crippen molar-refractivity contribution in [3.8, 4) is 0 Å². The van der Waals surface area contributed by atoms with Gasteiger partial charge >= 0.3 is 5.97 Å². The summed E-state index contributed by atoms with van der Waals surface area (Å²) < 4.78 is 4.93. The lowest BCUT2D eigenvalue weighted by atomic mass is 10.1. The van der Waals surface area contributed by atoms with Crippen LogP contribution in [0.2, 0.25) is 0 Å². The summed E-state index contributed by atoms with van der Waals surface area (Å²) in [6.07, 6.45) is 6.05. The highest BCUT2D eigenvalue weighted by Crippen LogP contribution is 2.15. The van der Waals surface area contributed by atoms with Gasteiger partial charge in [0.15, 0.2) is 0 Å². The minimum absolute atomic E-state index is 0.0966. The zero-order valence-corrected chi connectivity index (χ0v) is 15.8. The van der Waals surface area contributed by atoms with Crippen LogP contribution in [-0.4, -0.2) is 47.4 Å². The van der Waals surface area contributed by atoms with E-state index in [1.807, 2.05) is 0 Å². The van der Waals surface area contributed by atoms with Gasteiger partial charge in [-0.1, -0.05) is 0 Å². The second kappa shape index (κ2) is 9.12. The van der Waals surface area contributed by atoms with Crippen LogP contribution in [0.3, 0.4) is 0 Å². The van der Waals surface area contributed by atoms with E-state index >= 15 is 0 Å². The van der Waals surface area contributed by atoms with Crippen LogP contribution < -0.4 is 5.32 Å². The summed E-state index contributed by atoms with van der Waals surface area (Å²) >= 11 is 0. The Morgan fingerprint density at radius 3 is 2.36 bits per heavy atom. The molecule has 1 fully saturated rings. The van der Waals surface area contributed by atoms with Crippen LogP contribution in [0, 0.1) is 0 Å². The molecule has 1 N–H and O–H groups in total. The molecule has 0 saturated carbocycles. The normalized spacial score (nSPS) is 13.7. The van der Waals surface area contributed by atoms with E-state index in [0.717, 1.165) is 32.4 Å². The molecule has 0 spiro atoms. The van der Waals surface area contributed by atoms with Crippen LogP contribution in [0.1, 0.15) is 57.3 Å². The first-order chi connectivity index (χ1) is 13.6. The van der Waals surface area contributed by atoms with Crippen molar-refractivity contribution in [2.24, 2.45) is 0 Å². The van der Waals surface area contributed by atoms with Crippen molar-refractivity contribution in [1.82, 2.24) is 9.88 Å². The number of anilines is 1. The van der Waals surface area contributed by atoms with Crippen molar-refractivity contribution in [2.75, 3.05) is 25.0 Å². The van der Waals surface area contributed by atoms with Gasteiger partial charge in [0.25, 0.3) is 11.8 Å². The Balaban J connectivity index is 1.67.